The maximum absolute atomic E-state index is 13.3. The van der Waals surface area contributed by atoms with Gasteiger partial charge in [-0.1, -0.05) is 30.3 Å². The van der Waals surface area contributed by atoms with Crippen molar-refractivity contribution in [1.82, 2.24) is 0 Å². The second kappa shape index (κ2) is 5.83. The number of benzene rings is 2. The monoisotopic (exact) mass is 260 g/mol. The first-order valence-electron chi connectivity index (χ1n) is 5.64. The van der Waals surface area contributed by atoms with Crippen LogP contribution >= 0.6 is 11.8 Å². The Morgan fingerprint density at radius 1 is 1.17 bits per heavy atom. The fraction of sp³-hybridized carbons (Fsp3) is 0.133. The summed E-state index contributed by atoms with van der Waals surface area (Å²) in [4.78, 5) is 12.9. The quantitative estimate of drug-likeness (QED) is 0.608. The molecule has 0 aliphatic carbocycles. The van der Waals surface area contributed by atoms with Gasteiger partial charge < -0.3 is 0 Å². The first-order valence-corrected chi connectivity index (χ1v) is 6.62. The fourth-order valence-corrected chi connectivity index (χ4v) is 2.33. The third-order valence-corrected chi connectivity index (χ3v) is 3.62. The zero-order chi connectivity index (χ0) is 13.0. The van der Waals surface area contributed by atoms with Gasteiger partial charge in [0, 0.05) is 10.5 Å². The lowest BCUT2D eigenvalue weighted by molar-refractivity contribution is 0.102. The molecule has 0 saturated carbocycles. The Kier molecular flexibility index (Phi) is 4.15. The number of hydrogen-bond acceptors (Lipinski definition) is 2. The van der Waals surface area contributed by atoms with Gasteiger partial charge in [0.15, 0.2) is 5.78 Å². The summed E-state index contributed by atoms with van der Waals surface area (Å²) in [5.41, 5.74) is 0.990. The molecule has 3 heteroatoms. The van der Waals surface area contributed by atoms with E-state index in [1.807, 2.05) is 30.3 Å². The normalized spacial score (nSPS) is 10.3. The summed E-state index contributed by atoms with van der Waals surface area (Å²) in [5, 5.41) is 0. The van der Waals surface area contributed by atoms with Gasteiger partial charge in [-0.3, -0.25) is 4.79 Å². The highest BCUT2D eigenvalue weighted by Gasteiger charge is 2.08. The van der Waals surface area contributed by atoms with Crippen LogP contribution in [-0.2, 0) is 0 Å². The molecule has 2 rings (SSSR count). The van der Waals surface area contributed by atoms with Crippen molar-refractivity contribution in [1.29, 1.82) is 0 Å². The third-order valence-electron chi connectivity index (χ3n) is 2.61. The Morgan fingerprint density at radius 3 is 2.56 bits per heavy atom. The van der Waals surface area contributed by atoms with Crippen molar-refractivity contribution in [2.45, 2.75) is 11.8 Å². The van der Waals surface area contributed by atoms with E-state index in [1.54, 1.807) is 19.1 Å². The Morgan fingerprint density at radius 2 is 1.89 bits per heavy atom. The van der Waals surface area contributed by atoms with Crippen molar-refractivity contribution in [3.05, 3.63) is 65.5 Å². The number of hydrogen-bond donors (Lipinski definition) is 0. The molecule has 0 atom stereocenters. The zero-order valence-electron chi connectivity index (χ0n) is 10.0. The molecule has 2 aromatic carbocycles. The molecule has 0 radical (unpaired) electrons. The van der Waals surface area contributed by atoms with Crippen LogP contribution in [0.2, 0.25) is 0 Å². The van der Waals surface area contributed by atoms with Crippen LogP contribution in [0.3, 0.4) is 0 Å². The van der Waals surface area contributed by atoms with Crippen LogP contribution in [0.1, 0.15) is 15.9 Å². The van der Waals surface area contributed by atoms with Crippen LogP contribution in [0.4, 0.5) is 4.39 Å². The number of carbonyl (C=O) groups excluding carboxylic acids is 1. The number of thioether (sulfide) groups is 1. The summed E-state index contributed by atoms with van der Waals surface area (Å²) in [6.45, 7) is 1.68. The van der Waals surface area contributed by atoms with E-state index in [-0.39, 0.29) is 11.6 Å². The maximum atomic E-state index is 13.3. The van der Waals surface area contributed by atoms with E-state index < -0.39 is 0 Å². The molecular weight excluding hydrogens is 247 g/mol. The van der Waals surface area contributed by atoms with Crippen molar-refractivity contribution in [2.24, 2.45) is 0 Å². The largest absolute Gasteiger partial charge is 0.293 e. The lowest BCUT2D eigenvalue weighted by atomic mass is 10.1. The average Bonchev–Trinajstić information content (AvgIpc) is 2.40. The van der Waals surface area contributed by atoms with Gasteiger partial charge in [-0.2, -0.15) is 0 Å². The second-order valence-corrected chi connectivity index (χ2v) is 5.04. The van der Waals surface area contributed by atoms with E-state index in [0.717, 1.165) is 4.90 Å². The summed E-state index contributed by atoms with van der Waals surface area (Å²) >= 11 is 1.46. The van der Waals surface area contributed by atoms with E-state index in [1.165, 1.54) is 17.8 Å². The van der Waals surface area contributed by atoms with Crippen LogP contribution in [0.15, 0.2) is 53.4 Å². The van der Waals surface area contributed by atoms with Crippen molar-refractivity contribution < 1.29 is 9.18 Å². The van der Waals surface area contributed by atoms with Crippen LogP contribution in [-0.4, -0.2) is 11.5 Å². The number of aryl methyl sites for hydroxylation is 1. The molecule has 0 amide bonds. The number of ketones is 1. The Labute approximate surface area is 110 Å². The van der Waals surface area contributed by atoms with E-state index in [4.69, 9.17) is 0 Å². The minimum atomic E-state index is -0.328. The van der Waals surface area contributed by atoms with Crippen molar-refractivity contribution in [3.8, 4) is 0 Å². The van der Waals surface area contributed by atoms with Gasteiger partial charge in [-0.15, -0.1) is 11.8 Å². The Bertz CT molecular complexity index is 552. The summed E-state index contributed by atoms with van der Waals surface area (Å²) in [6, 6.07) is 14.3. The topological polar surface area (TPSA) is 17.1 Å². The first kappa shape index (κ1) is 12.8. The molecular formula is C15H13FOS. The van der Waals surface area contributed by atoms with Gasteiger partial charge in [0.05, 0.1) is 5.75 Å². The van der Waals surface area contributed by atoms with Crippen molar-refractivity contribution in [3.63, 3.8) is 0 Å². The molecule has 0 aliphatic heterocycles. The van der Waals surface area contributed by atoms with Crippen LogP contribution < -0.4 is 0 Å². The van der Waals surface area contributed by atoms with Gasteiger partial charge in [-0.25, -0.2) is 4.39 Å². The summed E-state index contributed by atoms with van der Waals surface area (Å²) in [7, 11) is 0. The van der Waals surface area contributed by atoms with Crippen LogP contribution in [0.5, 0.6) is 0 Å². The molecule has 18 heavy (non-hydrogen) atoms. The third kappa shape index (κ3) is 3.20. The van der Waals surface area contributed by atoms with Gasteiger partial charge in [0.1, 0.15) is 5.82 Å². The molecule has 0 N–H and O–H groups in total. The highest BCUT2D eigenvalue weighted by molar-refractivity contribution is 8.00. The number of carbonyl (C=O) groups is 1. The van der Waals surface area contributed by atoms with Crippen LogP contribution in [0.25, 0.3) is 0 Å². The van der Waals surface area contributed by atoms with E-state index in [2.05, 4.69) is 0 Å². The van der Waals surface area contributed by atoms with Gasteiger partial charge >= 0.3 is 0 Å². The summed E-state index contributed by atoms with van der Waals surface area (Å²) in [6.07, 6.45) is 0. The predicted molar refractivity (Wildman–Crippen MR) is 72.6 cm³/mol. The molecule has 0 aliphatic rings. The minimum absolute atomic E-state index is 0.0530. The molecule has 0 saturated heterocycles. The molecule has 0 heterocycles. The highest BCUT2D eigenvalue weighted by Crippen LogP contribution is 2.19. The lowest BCUT2D eigenvalue weighted by Crippen LogP contribution is -2.03. The minimum Gasteiger partial charge on any atom is -0.293 e. The van der Waals surface area contributed by atoms with E-state index >= 15 is 0 Å². The molecule has 0 fully saturated rings. The van der Waals surface area contributed by atoms with Gasteiger partial charge in [0.25, 0.3) is 0 Å². The van der Waals surface area contributed by atoms with E-state index in [0.29, 0.717) is 16.9 Å². The average molecular weight is 260 g/mol. The molecule has 2 aromatic rings. The second-order valence-electron chi connectivity index (χ2n) is 3.99. The molecule has 1 nitrogen and oxygen atoms in total. The predicted octanol–water partition coefficient (Wildman–Crippen LogP) is 4.11. The summed E-state index contributed by atoms with van der Waals surface area (Å²) in [5.74, 6) is -0.0553. The Hall–Kier alpha value is -1.61. The highest BCUT2D eigenvalue weighted by atomic mass is 32.2. The fourth-order valence-electron chi connectivity index (χ4n) is 1.52. The lowest BCUT2D eigenvalue weighted by Gasteiger charge is -2.03. The standard InChI is InChI=1S/C15H13FOS/c1-11-7-8-12(9-14(11)16)15(17)10-18-13-5-3-2-4-6-13/h2-9H,10H2,1H3. The van der Waals surface area contributed by atoms with Crippen LogP contribution in [0, 0.1) is 12.7 Å². The molecule has 0 unspecified atom stereocenters. The molecule has 0 spiro atoms. The molecule has 92 valence electrons. The number of halogens is 1. The van der Waals surface area contributed by atoms with Crippen molar-refractivity contribution in [2.75, 3.05) is 5.75 Å². The SMILES string of the molecule is Cc1ccc(C(=O)CSc2ccccc2)cc1F. The Balaban J connectivity index is 2.02. The smallest absolute Gasteiger partial charge is 0.173 e. The zero-order valence-corrected chi connectivity index (χ0v) is 10.8. The first-order chi connectivity index (χ1) is 8.66. The number of rotatable bonds is 4. The maximum Gasteiger partial charge on any atom is 0.173 e. The summed E-state index contributed by atoms with van der Waals surface area (Å²) < 4.78 is 13.3. The van der Waals surface area contributed by atoms with E-state index in [9.17, 15) is 9.18 Å². The molecule has 0 bridgehead atoms. The molecule has 0 aromatic heterocycles. The van der Waals surface area contributed by atoms with Crippen molar-refractivity contribution >= 4 is 17.5 Å². The number of Topliss-reactive ketones (excluding diaryl/α,β-unsaturated/α-hetero) is 1. The van der Waals surface area contributed by atoms with Gasteiger partial charge in [-0.05, 0) is 30.7 Å². The van der Waals surface area contributed by atoms with Gasteiger partial charge in [0.2, 0.25) is 0 Å².